The molecule has 0 amide bonds. The van der Waals surface area contributed by atoms with Gasteiger partial charge in [-0.2, -0.15) is 4.91 Å². The summed E-state index contributed by atoms with van der Waals surface area (Å²) in [6, 6.07) is 1.28. The van der Waals surface area contributed by atoms with E-state index in [9.17, 15) is 14.5 Å². The van der Waals surface area contributed by atoms with Crippen LogP contribution >= 0.6 is 0 Å². The van der Waals surface area contributed by atoms with Crippen molar-refractivity contribution in [2.45, 2.75) is 141 Å². The van der Waals surface area contributed by atoms with Crippen molar-refractivity contribution in [3.05, 3.63) is 38.0 Å². The fraction of sp³-hybridized carbons (Fsp3) is 0.857. The van der Waals surface area contributed by atoms with Crippen molar-refractivity contribution in [1.82, 2.24) is 9.55 Å². The van der Waals surface area contributed by atoms with Gasteiger partial charge in [0.05, 0.1) is 6.61 Å². The first-order valence-corrected chi connectivity index (χ1v) is 23.2. The van der Waals surface area contributed by atoms with Crippen molar-refractivity contribution in [3.8, 4) is 0 Å². The maximum absolute atomic E-state index is 13.1. The molecule has 0 unspecified atom stereocenters. The van der Waals surface area contributed by atoms with Crippen molar-refractivity contribution >= 4 is 25.0 Å². The van der Waals surface area contributed by atoms with Crippen LogP contribution in [0, 0.1) is 4.91 Å². The van der Waals surface area contributed by atoms with Crippen LogP contribution in [-0.4, -0.2) is 65.5 Å². The minimum Gasteiger partial charge on any atom is -0.414 e. The molecule has 0 saturated carbocycles. The van der Waals surface area contributed by atoms with E-state index in [0.29, 0.717) is 0 Å². The van der Waals surface area contributed by atoms with Gasteiger partial charge >= 0.3 is 5.69 Å². The highest BCUT2D eigenvalue weighted by atomic mass is 28.4. The summed E-state index contributed by atoms with van der Waals surface area (Å²) < 4.78 is 29.0. The quantitative estimate of drug-likeness (QED) is 0.236. The maximum Gasteiger partial charge on any atom is 0.330 e. The minimum absolute atomic E-state index is 0.0560. The van der Waals surface area contributed by atoms with Crippen molar-refractivity contribution in [1.29, 1.82) is 0 Å². The van der Waals surface area contributed by atoms with Crippen LogP contribution in [0.2, 0.25) is 54.4 Å². The van der Waals surface area contributed by atoms with Crippen LogP contribution in [-0.2, 0) is 18.0 Å². The first-order chi connectivity index (χ1) is 18.2. The highest BCUT2D eigenvalue weighted by Crippen LogP contribution is 2.49. The van der Waals surface area contributed by atoms with E-state index in [4.69, 9.17) is 18.0 Å². The number of nitroso groups, excluding NO2 is 1. The monoisotopic (exact) mass is 629 g/mol. The van der Waals surface area contributed by atoms with Gasteiger partial charge in [0.2, 0.25) is 0 Å². The molecule has 2 heterocycles. The molecule has 13 heteroatoms. The van der Waals surface area contributed by atoms with Crippen molar-refractivity contribution < 1.29 is 18.0 Å². The average Bonchev–Trinajstić information content (AvgIpc) is 3.03. The lowest BCUT2D eigenvalue weighted by Gasteiger charge is -2.46. The molecule has 1 aromatic heterocycles. The van der Waals surface area contributed by atoms with Crippen LogP contribution in [0.3, 0.4) is 0 Å². The number of hydrogen-bond donors (Lipinski definition) is 1. The Labute approximate surface area is 249 Å². The molecule has 1 aliphatic rings. The van der Waals surface area contributed by atoms with Gasteiger partial charge in [0.25, 0.3) is 5.56 Å². The summed E-state index contributed by atoms with van der Waals surface area (Å²) in [5.74, 6) is 0. The predicted molar refractivity (Wildman–Crippen MR) is 172 cm³/mol. The van der Waals surface area contributed by atoms with E-state index in [-0.39, 0.29) is 28.3 Å². The van der Waals surface area contributed by atoms with E-state index in [1.165, 1.54) is 16.8 Å². The number of aromatic nitrogens is 2. The van der Waals surface area contributed by atoms with Gasteiger partial charge in [-0.1, -0.05) is 67.5 Å². The molecular formula is C28H55N3O7Si3. The summed E-state index contributed by atoms with van der Waals surface area (Å²) in [5, 5.41) is 2.92. The summed E-state index contributed by atoms with van der Waals surface area (Å²) >= 11 is 0. The molecule has 1 aliphatic heterocycles. The lowest BCUT2D eigenvalue weighted by atomic mass is 9.96. The zero-order valence-corrected chi connectivity index (χ0v) is 31.1. The fourth-order valence-electron chi connectivity index (χ4n) is 3.89. The number of nitrogens with zero attached hydrogens (tertiary/aromatic N) is 2. The van der Waals surface area contributed by atoms with E-state index >= 15 is 0 Å². The van der Waals surface area contributed by atoms with Crippen molar-refractivity contribution in [2.24, 2.45) is 5.18 Å². The number of nitrogens with one attached hydrogen (secondary N) is 1. The Morgan fingerprint density at radius 2 is 1.37 bits per heavy atom. The predicted octanol–water partition coefficient (Wildman–Crippen LogP) is 6.37. The second-order valence-electron chi connectivity index (χ2n) is 16.1. The van der Waals surface area contributed by atoms with Gasteiger partial charge in [-0.25, -0.2) is 4.79 Å². The smallest absolute Gasteiger partial charge is 0.330 e. The highest BCUT2D eigenvalue weighted by molar-refractivity contribution is 6.75. The van der Waals surface area contributed by atoms with E-state index in [0.717, 1.165) is 0 Å². The number of ether oxygens (including phenoxy) is 1. The fourth-order valence-corrected chi connectivity index (χ4v) is 7.54. The van der Waals surface area contributed by atoms with Gasteiger partial charge in [-0.05, 0) is 54.4 Å². The Morgan fingerprint density at radius 1 is 0.878 bits per heavy atom. The van der Waals surface area contributed by atoms with Crippen LogP contribution in [0.25, 0.3) is 0 Å². The van der Waals surface area contributed by atoms with Crippen molar-refractivity contribution in [3.63, 3.8) is 0 Å². The molecule has 41 heavy (non-hydrogen) atoms. The van der Waals surface area contributed by atoms with Gasteiger partial charge in [-0.3, -0.25) is 14.3 Å². The molecule has 1 aromatic rings. The number of rotatable bonds is 10. The summed E-state index contributed by atoms with van der Waals surface area (Å²) in [5.41, 5.74) is -2.46. The molecule has 0 spiro atoms. The molecule has 1 fully saturated rings. The topological polar surface area (TPSA) is 121 Å². The molecule has 2 rings (SSSR count). The highest BCUT2D eigenvalue weighted by Gasteiger charge is 2.62. The molecule has 0 aliphatic carbocycles. The Balaban J connectivity index is 2.86. The average molecular weight is 630 g/mol. The second-order valence-corrected chi connectivity index (χ2v) is 30.4. The van der Waals surface area contributed by atoms with Crippen LogP contribution < -0.4 is 11.2 Å². The first kappa shape index (κ1) is 36.0. The minimum atomic E-state index is -2.49. The Hall–Kier alpha value is -1.23. The lowest BCUT2D eigenvalue weighted by molar-refractivity contribution is -0.118. The standard InChI is InChI=1S/C28H55N3O7Si3/c1-25(2,3)39(10,11)35-19-28(18-29-34)22(38-41(14,15)27(7,8)9)21(37-40(12,13)26(4,5)6)23(36-28)31-17-16-20(32)30-24(31)33/h16-17,21-23H,18-19H2,1-15H3,(H,30,32,33)/t21-,22+,23-,28-/m1/s1. The number of H-pyrrole nitrogens is 1. The Bertz CT molecular complexity index is 1190. The largest absolute Gasteiger partial charge is 0.414 e. The number of aromatic amines is 1. The molecule has 4 atom stereocenters. The summed E-state index contributed by atoms with van der Waals surface area (Å²) in [6.07, 6.45) is -1.09. The van der Waals surface area contributed by atoms with E-state index in [1.54, 1.807) is 0 Å². The van der Waals surface area contributed by atoms with Gasteiger partial charge < -0.3 is 18.0 Å². The Morgan fingerprint density at radius 3 is 1.80 bits per heavy atom. The van der Waals surface area contributed by atoms with Crippen LogP contribution in [0.15, 0.2) is 27.0 Å². The van der Waals surface area contributed by atoms with Gasteiger partial charge in [-0.15, -0.1) is 0 Å². The van der Waals surface area contributed by atoms with E-state index < -0.39 is 60.2 Å². The summed E-state index contributed by atoms with van der Waals surface area (Å²) in [6.45, 7) is 31.9. The third kappa shape index (κ3) is 7.65. The molecule has 236 valence electrons. The Kier molecular flexibility index (Phi) is 10.3. The molecular weight excluding hydrogens is 575 g/mol. The van der Waals surface area contributed by atoms with E-state index in [2.05, 4.69) is 112 Å². The van der Waals surface area contributed by atoms with Gasteiger partial charge in [0.1, 0.15) is 24.4 Å². The van der Waals surface area contributed by atoms with E-state index in [1.807, 2.05) is 0 Å². The summed E-state index contributed by atoms with van der Waals surface area (Å²) in [4.78, 5) is 39.6. The third-order valence-electron chi connectivity index (χ3n) is 9.86. The SMILES string of the molecule is CC(C)(C)[Si](C)(C)OC[C@@]1(CN=O)O[C@@H](n2ccc(=O)[nH]c2=O)[C@H](O[Si](C)(C)C(C)(C)C)[C@@H]1O[Si](C)(C)C(C)(C)C. The van der Waals surface area contributed by atoms with Gasteiger partial charge in [0, 0.05) is 12.3 Å². The molecule has 0 aromatic carbocycles. The zero-order valence-electron chi connectivity index (χ0n) is 28.1. The molecule has 1 saturated heterocycles. The normalized spacial score (nSPS) is 25.0. The van der Waals surface area contributed by atoms with Crippen LogP contribution in [0.5, 0.6) is 0 Å². The lowest BCUT2D eigenvalue weighted by Crippen LogP contribution is -2.60. The van der Waals surface area contributed by atoms with Crippen molar-refractivity contribution in [2.75, 3.05) is 13.2 Å². The van der Waals surface area contributed by atoms with Crippen LogP contribution in [0.4, 0.5) is 0 Å². The molecule has 0 bridgehead atoms. The molecule has 0 radical (unpaired) electrons. The molecule has 1 N–H and O–H groups in total. The summed E-state index contributed by atoms with van der Waals surface area (Å²) in [7, 11) is -7.28. The van der Waals surface area contributed by atoms with Gasteiger partial charge in [0.15, 0.2) is 31.2 Å². The number of hydrogen-bond acceptors (Lipinski definition) is 8. The second kappa shape index (κ2) is 11.7. The zero-order chi connectivity index (χ0) is 32.0. The van der Waals surface area contributed by atoms with Crippen LogP contribution in [0.1, 0.15) is 68.5 Å². The first-order valence-electron chi connectivity index (χ1n) is 14.5. The molecule has 10 nitrogen and oxygen atoms in total. The maximum atomic E-state index is 13.1. The third-order valence-corrected chi connectivity index (χ3v) is 23.3.